The summed E-state index contributed by atoms with van der Waals surface area (Å²) in [6, 6.07) is 0. The molecule has 1 rings (SSSR count). The van der Waals surface area contributed by atoms with Crippen molar-refractivity contribution in [1.29, 1.82) is 0 Å². The molecule has 0 spiro atoms. The van der Waals surface area contributed by atoms with E-state index in [1.807, 2.05) is 13.8 Å². The van der Waals surface area contributed by atoms with Gasteiger partial charge in [-0.2, -0.15) is 0 Å². The lowest BCUT2D eigenvalue weighted by Crippen LogP contribution is -2.46. The van der Waals surface area contributed by atoms with Gasteiger partial charge in [-0.05, 0) is 19.8 Å². The summed E-state index contributed by atoms with van der Waals surface area (Å²) in [4.78, 5) is 0. The van der Waals surface area contributed by atoms with E-state index in [-0.39, 0.29) is 23.1 Å². The minimum atomic E-state index is -2.85. The van der Waals surface area contributed by atoms with Gasteiger partial charge in [-0.3, -0.25) is 0 Å². The molecule has 1 fully saturated rings. The molecular formula is C9H19NO3S. The van der Waals surface area contributed by atoms with E-state index in [1.165, 1.54) is 0 Å². The fourth-order valence-electron chi connectivity index (χ4n) is 1.66. The standard InChI is InChI=1S/C9H19NO3S/c1-3-8(11)6-10-9(2)4-5-14(12,13)7-9/h8,10-11H,3-7H2,1-2H3. The van der Waals surface area contributed by atoms with Gasteiger partial charge in [-0.25, -0.2) is 8.42 Å². The van der Waals surface area contributed by atoms with Gasteiger partial charge in [0.15, 0.2) is 9.84 Å². The van der Waals surface area contributed by atoms with Crippen LogP contribution in [0.2, 0.25) is 0 Å². The maximum absolute atomic E-state index is 11.3. The van der Waals surface area contributed by atoms with Crippen molar-refractivity contribution in [3.8, 4) is 0 Å². The summed E-state index contributed by atoms with van der Waals surface area (Å²) < 4.78 is 22.5. The molecule has 0 saturated carbocycles. The van der Waals surface area contributed by atoms with Crippen LogP contribution in [-0.4, -0.2) is 43.2 Å². The van der Waals surface area contributed by atoms with Crippen LogP contribution in [-0.2, 0) is 9.84 Å². The molecule has 0 aromatic heterocycles. The second-order valence-corrected chi connectivity index (χ2v) is 6.53. The van der Waals surface area contributed by atoms with Gasteiger partial charge in [-0.15, -0.1) is 0 Å². The van der Waals surface area contributed by atoms with Crippen LogP contribution in [0.1, 0.15) is 26.7 Å². The van der Waals surface area contributed by atoms with Gasteiger partial charge in [0.05, 0.1) is 17.6 Å². The predicted octanol–water partition coefficient (Wildman–Crippen LogP) is -0.0759. The van der Waals surface area contributed by atoms with Crippen molar-refractivity contribution in [2.24, 2.45) is 0 Å². The van der Waals surface area contributed by atoms with Crippen molar-refractivity contribution in [1.82, 2.24) is 5.32 Å². The zero-order valence-electron chi connectivity index (χ0n) is 8.78. The van der Waals surface area contributed by atoms with Crippen LogP contribution in [0.15, 0.2) is 0 Å². The molecule has 0 aromatic rings. The highest BCUT2D eigenvalue weighted by Gasteiger charge is 2.37. The Balaban J connectivity index is 2.45. The summed E-state index contributed by atoms with van der Waals surface area (Å²) in [7, 11) is -2.85. The maximum atomic E-state index is 11.3. The molecule has 2 N–H and O–H groups in total. The third-order valence-corrected chi connectivity index (χ3v) is 4.64. The van der Waals surface area contributed by atoms with Crippen molar-refractivity contribution in [3.63, 3.8) is 0 Å². The highest BCUT2D eigenvalue weighted by atomic mass is 32.2. The highest BCUT2D eigenvalue weighted by molar-refractivity contribution is 7.91. The first-order valence-electron chi connectivity index (χ1n) is 5.00. The van der Waals surface area contributed by atoms with Gasteiger partial charge >= 0.3 is 0 Å². The Kier molecular flexibility index (Phi) is 3.55. The van der Waals surface area contributed by atoms with E-state index in [9.17, 15) is 13.5 Å². The number of aliphatic hydroxyl groups is 1. The summed E-state index contributed by atoms with van der Waals surface area (Å²) in [6.45, 7) is 4.28. The Hall–Kier alpha value is -0.130. The van der Waals surface area contributed by atoms with E-state index < -0.39 is 9.84 Å². The van der Waals surface area contributed by atoms with Gasteiger partial charge in [0.25, 0.3) is 0 Å². The molecule has 14 heavy (non-hydrogen) atoms. The fraction of sp³-hybridized carbons (Fsp3) is 1.00. The number of nitrogens with one attached hydrogen (secondary N) is 1. The van der Waals surface area contributed by atoms with Gasteiger partial charge < -0.3 is 10.4 Å². The van der Waals surface area contributed by atoms with Crippen LogP contribution in [0.3, 0.4) is 0 Å². The molecule has 0 aliphatic carbocycles. The average Bonchev–Trinajstić information content (AvgIpc) is 2.37. The molecule has 0 aromatic carbocycles. The molecule has 0 bridgehead atoms. The van der Waals surface area contributed by atoms with Crippen molar-refractivity contribution in [2.45, 2.75) is 38.3 Å². The molecule has 1 aliphatic rings. The lowest BCUT2D eigenvalue weighted by atomic mass is 10.0. The fourth-order valence-corrected chi connectivity index (χ4v) is 3.78. The van der Waals surface area contributed by atoms with Gasteiger partial charge in [0, 0.05) is 12.1 Å². The maximum Gasteiger partial charge on any atom is 0.152 e. The zero-order chi connectivity index (χ0) is 10.8. The molecule has 2 atom stereocenters. The molecule has 2 unspecified atom stereocenters. The number of hydrogen-bond donors (Lipinski definition) is 2. The topological polar surface area (TPSA) is 66.4 Å². The molecule has 1 aliphatic heterocycles. The van der Waals surface area contributed by atoms with Gasteiger partial charge in [0.1, 0.15) is 0 Å². The minimum Gasteiger partial charge on any atom is -0.392 e. The number of rotatable bonds is 4. The molecule has 1 saturated heterocycles. The number of aliphatic hydroxyl groups excluding tert-OH is 1. The second kappa shape index (κ2) is 4.16. The van der Waals surface area contributed by atoms with E-state index in [1.54, 1.807) is 0 Å². The Morgan fingerprint density at radius 3 is 2.64 bits per heavy atom. The summed E-state index contributed by atoms with van der Waals surface area (Å²) in [5.74, 6) is 0.454. The summed E-state index contributed by atoms with van der Waals surface area (Å²) in [5, 5.41) is 12.5. The van der Waals surface area contributed by atoms with Crippen molar-refractivity contribution < 1.29 is 13.5 Å². The first-order valence-corrected chi connectivity index (χ1v) is 6.82. The van der Waals surface area contributed by atoms with Crippen LogP contribution in [0, 0.1) is 0 Å². The number of hydrogen-bond acceptors (Lipinski definition) is 4. The lowest BCUT2D eigenvalue weighted by Gasteiger charge is -2.25. The smallest absolute Gasteiger partial charge is 0.152 e. The summed E-state index contributed by atoms with van der Waals surface area (Å²) >= 11 is 0. The molecule has 1 heterocycles. The van der Waals surface area contributed by atoms with Crippen LogP contribution >= 0.6 is 0 Å². The van der Waals surface area contributed by atoms with Crippen LogP contribution in [0.25, 0.3) is 0 Å². The van der Waals surface area contributed by atoms with E-state index in [2.05, 4.69) is 5.32 Å². The van der Waals surface area contributed by atoms with Gasteiger partial charge in [-0.1, -0.05) is 6.92 Å². The number of β-amino-alcohol motifs (C(OH)–C–C–N with tert-alkyl or cyclic N) is 1. The van der Waals surface area contributed by atoms with Crippen molar-refractivity contribution >= 4 is 9.84 Å². The molecular weight excluding hydrogens is 202 g/mol. The zero-order valence-corrected chi connectivity index (χ0v) is 9.60. The SMILES string of the molecule is CCC(O)CNC1(C)CCS(=O)(=O)C1. The molecule has 84 valence electrons. The first-order chi connectivity index (χ1) is 6.37. The Labute approximate surface area is 85.6 Å². The van der Waals surface area contributed by atoms with Crippen LogP contribution < -0.4 is 5.32 Å². The Bertz CT molecular complexity index is 288. The minimum absolute atomic E-state index is 0.191. The highest BCUT2D eigenvalue weighted by Crippen LogP contribution is 2.22. The monoisotopic (exact) mass is 221 g/mol. The van der Waals surface area contributed by atoms with E-state index in [0.717, 1.165) is 0 Å². The molecule has 4 nitrogen and oxygen atoms in total. The average molecular weight is 221 g/mol. The third kappa shape index (κ3) is 3.22. The molecule has 0 amide bonds. The van der Waals surface area contributed by atoms with E-state index in [4.69, 9.17) is 0 Å². The first kappa shape index (κ1) is 11.9. The third-order valence-electron chi connectivity index (χ3n) is 2.74. The summed E-state index contributed by atoms with van der Waals surface area (Å²) in [6.07, 6.45) is 0.955. The van der Waals surface area contributed by atoms with Crippen LogP contribution in [0.5, 0.6) is 0 Å². The Morgan fingerprint density at radius 2 is 2.21 bits per heavy atom. The number of sulfone groups is 1. The lowest BCUT2D eigenvalue weighted by molar-refractivity contribution is 0.155. The predicted molar refractivity (Wildman–Crippen MR) is 56.0 cm³/mol. The van der Waals surface area contributed by atoms with E-state index >= 15 is 0 Å². The second-order valence-electron chi connectivity index (χ2n) is 4.35. The normalized spacial score (nSPS) is 33.1. The quantitative estimate of drug-likeness (QED) is 0.697. The van der Waals surface area contributed by atoms with E-state index in [0.29, 0.717) is 19.4 Å². The summed E-state index contributed by atoms with van der Waals surface area (Å²) in [5.41, 5.74) is -0.338. The Morgan fingerprint density at radius 1 is 1.57 bits per heavy atom. The van der Waals surface area contributed by atoms with Crippen molar-refractivity contribution in [3.05, 3.63) is 0 Å². The van der Waals surface area contributed by atoms with Crippen LogP contribution in [0.4, 0.5) is 0 Å². The van der Waals surface area contributed by atoms with Crippen molar-refractivity contribution in [2.75, 3.05) is 18.1 Å². The van der Waals surface area contributed by atoms with Gasteiger partial charge in [0.2, 0.25) is 0 Å². The largest absolute Gasteiger partial charge is 0.392 e. The molecule has 0 radical (unpaired) electrons. The molecule has 5 heteroatoms.